The lowest BCUT2D eigenvalue weighted by Gasteiger charge is -2.32. The highest BCUT2D eigenvalue weighted by atomic mass is 16.5. The highest BCUT2D eigenvalue weighted by Gasteiger charge is 2.26. The first-order valence-electron chi connectivity index (χ1n) is 10.3. The predicted molar refractivity (Wildman–Crippen MR) is 115 cm³/mol. The van der Waals surface area contributed by atoms with Gasteiger partial charge in [-0.05, 0) is 37.1 Å². The third-order valence-electron chi connectivity index (χ3n) is 5.99. The molecule has 0 radical (unpaired) electrons. The van der Waals surface area contributed by atoms with E-state index < -0.39 is 0 Å². The van der Waals surface area contributed by atoms with Crippen LogP contribution in [0.1, 0.15) is 22.3 Å². The van der Waals surface area contributed by atoms with E-state index in [0.717, 1.165) is 66.9 Å². The molecule has 1 aliphatic heterocycles. The number of ether oxygens (including phenoxy) is 1. The van der Waals surface area contributed by atoms with Crippen molar-refractivity contribution in [2.75, 3.05) is 46.4 Å². The SMILES string of the molecule is CN1CCN(CCCOc2cc3c4c(nccc4c2)-c2ccccc2C3=O)CC1. The van der Waals surface area contributed by atoms with Crippen molar-refractivity contribution in [3.8, 4) is 17.0 Å². The Bertz CT molecular complexity index is 1070. The molecule has 0 atom stereocenters. The number of benzene rings is 2. The normalized spacial score (nSPS) is 16.8. The fourth-order valence-electron chi connectivity index (χ4n) is 4.34. The summed E-state index contributed by atoms with van der Waals surface area (Å²) in [5.41, 5.74) is 3.20. The molecule has 0 unspecified atom stereocenters. The zero-order chi connectivity index (χ0) is 19.8. The molecule has 29 heavy (non-hydrogen) atoms. The average Bonchev–Trinajstić information content (AvgIpc) is 2.76. The molecule has 5 nitrogen and oxygen atoms in total. The van der Waals surface area contributed by atoms with E-state index in [9.17, 15) is 4.79 Å². The molecule has 0 saturated carbocycles. The van der Waals surface area contributed by atoms with Crippen molar-refractivity contribution in [1.29, 1.82) is 0 Å². The molecule has 1 aliphatic carbocycles. The first-order chi connectivity index (χ1) is 14.2. The molecule has 2 aliphatic rings. The number of ketones is 1. The zero-order valence-electron chi connectivity index (χ0n) is 16.7. The van der Waals surface area contributed by atoms with E-state index in [0.29, 0.717) is 17.7 Å². The van der Waals surface area contributed by atoms with E-state index in [-0.39, 0.29) is 5.78 Å². The second kappa shape index (κ2) is 7.58. The zero-order valence-corrected chi connectivity index (χ0v) is 16.7. The number of aromatic nitrogens is 1. The standard InChI is InChI=1S/C24H25N3O2/c1-26-10-12-27(13-11-26)9-4-14-29-18-15-17-7-8-25-23-19-5-2-3-6-20(19)24(28)21(16-18)22(17)23/h2-3,5-8,15-16H,4,9-14H2,1H3. The highest BCUT2D eigenvalue weighted by Crippen LogP contribution is 2.39. The van der Waals surface area contributed by atoms with Gasteiger partial charge in [0.1, 0.15) is 5.75 Å². The van der Waals surface area contributed by atoms with Crippen molar-refractivity contribution in [3.63, 3.8) is 0 Å². The minimum atomic E-state index is 0.0500. The summed E-state index contributed by atoms with van der Waals surface area (Å²) in [7, 11) is 2.17. The second-order valence-electron chi connectivity index (χ2n) is 7.95. The van der Waals surface area contributed by atoms with Crippen molar-refractivity contribution < 1.29 is 9.53 Å². The van der Waals surface area contributed by atoms with E-state index in [4.69, 9.17) is 4.74 Å². The van der Waals surface area contributed by atoms with Crippen LogP contribution >= 0.6 is 0 Å². The summed E-state index contributed by atoms with van der Waals surface area (Å²) in [6.07, 6.45) is 2.79. The van der Waals surface area contributed by atoms with Crippen LogP contribution in [-0.2, 0) is 0 Å². The summed E-state index contributed by atoms with van der Waals surface area (Å²) in [6.45, 7) is 6.22. The Kier molecular flexibility index (Phi) is 4.78. The summed E-state index contributed by atoms with van der Waals surface area (Å²) in [6, 6.07) is 13.6. The van der Waals surface area contributed by atoms with Gasteiger partial charge in [0.2, 0.25) is 0 Å². The van der Waals surface area contributed by atoms with Crippen molar-refractivity contribution >= 4 is 16.6 Å². The van der Waals surface area contributed by atoms with Gasteiger partial charge in [0, 0.05) is 61.0 Å². The Balaban J connectivity index is 1.35. The van der Waals surface area contributed by atoms with Gasteiger partial charge in [0.05, 0.1) is 12.3 Å². The summed E-state index contributed by atoms with van der Waals surface area (Å²) in [4.78, 5) is 22.5. The predicted octanol–water partition coefficient (Wildman–Crippen LogP) is 3.46. The van der Waals surface area contributed by atoms with Crippen LogP contribution in [0.3, 0.4) is 0 Å². The third kappa shape index (κ3) is 3.41. The number of carbonyl (C=O) groups is 1. The summed E-state index contributed by atoms with van der Waals surface area (Å²) in [5.74, 6) is 0.810. The largest absolute Gasteiger partial charge is 0.494 e. The van der Waals surface area contributed by atoms with E-state index in [2.05, 4.69) is 21.8 Å². The van der Waals surface area contributed by atoms with Gasteiger partial charge in [-0.25, -0.2) is 0 Å². The number of rotatable bonds is 5. The maximum Gasteiger partial charge on any atom is 0.194 e. The number of piperazine rings is 1. The van der Waals surface area contributed by atoms with Gasteiger partial charge < -0.3 is 14.5 Å². The molecular formula is C24H25N3O2. The lowest BCUT2D eigenvalue weighted by molar-refractivity contribution is 0.103. The first-order valence-corrected chi connectivity index (χ1v) is 10.3. The Morgan fingerprint density at radius 1 is 1.00 bits per heavy atom. The van der Waals surface area contributed by atoms with Crippen molar-refractivity contribution in [2.24, 2.45) is 0 Å². The van der Waals surface area contributed by atoms with Crippen LogP contribution in [0.2, 0.25) is 0 Å². The Morgan fingerprint density at radius 2 is 1.79 bits per heavy atom. The summed E-state index contributed by atoms with van der Waals surface area (Å²) < 4.78 is 6.06. The van der Waals surface area contributed by atoms with Crippen molar-refractivity contribution in [3.05, 3.63) is 59.8 Å². The van der Waals surface area contributed by atoms with Crippen LogP contribution in [0.4, 0.5) is 0 Å². The number of carbonyl (C=O) groups excluding carboxylic acids is 1. The maximum absolute atomic E-state index is 13.1. The summed E-state index contributed by atoms with van der Waals surface area (Å²) >= 11 is 0. The first kappa shape index (κ1) is 18.3. The molecule has 2 heterocycles. The number of nitrogens with zero attached hydrogens (tertiary/aromatic N) is 3. The Morgan fingerprint density at radius 3 is 2.62 bits per heavy atom. The van der Waals surface area contributed by atoms with Gasteiger partial charge >= 0.3 is 0 Å². The van der Waals surface area contributed by atoms with E-state index >= 15 is 0 Å². The molecule has 0 spiro atoms. The molecule has 148 valence electrons. The lowest BCUT2D eigenvalue weighted by Crippen LogP contribution is -2.44. The van der Waals surface area contributed by atoms with Crippen LogP contribution in [0.25, 0.3) is 22.0 Å². The van der Waals surface area contributed by atoms with E-state index in [1.54, 1.807) is 0 Å². The minimum absolute atomic E-state index is 0.0500. The van der Waals surface area contributed by atoms with Crippen LogP contribution in [-0.4, -0.2) is 66.9 Å². The molecule has 5 heteroatoms. The number of hydrogen-bond acceptors (Lipinski definition) is 5. The molecule has 0 bridgehead atoms. The number of fused-ring (bicyclic) bond motifs is 2. The van der Waals surface area contributed by atoms with Gasteiger partial charge in [0.25, 0.3) is 0 Å². The van der Waals surface area contributed by atoms with E-state index in [1.165, 1.54) is 0 Å². The number of pyridine rings is 1. The van der Waals surface area contributed by atoms with Crippen LogP contribution in [0.5, 0.6) is 5.75 Å². The monoisotopic (exact) mass is 387 g/mol. The Labute approximate surface area is 170 Å². The van der Waals surface area contributed by atoms with Gasteiger partial charge in [-0.3, -0.25) is 9.78 Å². The molecule has 5 rings (SSSR count). The molecule has 1 aromatic heterocycles. The molecule has 0 N–H and O–H groups in total. The molecule has 1 saturated heterocycles. The van der Waals surface area contributed by atoms with Crippen molar-refractivity contribution in [2.45, 2.75) is 6.42 Å². The third-order valence-corrected chi connectivity index (χ3v) is 5.99. The van der Waals surface area contributed by atoms with Gasteiger partial charge in [-0.2, -0.15) is 0 Å². The molecular weight excluding hydrogens is 362 g/mol. The van der Waals surface area contributed by atoms with Crippen LogP contribution < -0.4 is 4.74 Å². The molecule has 0 amide bonds. The maximum atomic E-state index is 13.1. The molecule has 3 aromatic rings. The van der Waals surface area contributed by atoms with Gasteiger partial charge in [-0.15, -0.1) is 0 Å². The fraction of sp³-hybridized carbons (Fsp3) is 0.333. The summed E-state index contributed by atoms with van der Waals surface area (Å²) in [5, 5.41) is 1.94. The van der Waals surface area contributed by atoms with Crippen LogP contribution in [0.15, 0.2) is 48.7 Å². The van der Waals surface area contributed by atoms with Crippen LogP contribution in [0, 0.1) is 0 Å². The van der Waals surface area contributed by atoms with Gasteiger partial charge in [0.15, 0.2) is 5.78 Å². The smallest absolute Gasteiger partial charge is 0.194 e. The van der Waals surface area contributed by atoms with Crippen molar-refractivity contribution in [1.82, 2.24) is 14.8 Å². The fourth-order valence-corrected chi connectivity index (χ4v) is 4.34. The second-order valence-corrected chi connectivity index (χ2v) is 7.95. The lowest BCUT2D eigenvalue weighted by atomic mass is 9.85. The number of likely N-dealkylation sites (N-methyl/N-ethyl adjacent to an activating group) is 1. The van der Waals surface area contributed by atoms with E-state index in [1.807, 2.05) is 48.7 Å². The topological polar surface area (TPSA) is 45.7 Å². The molecule has 2 aromatic carbocycles. The number of hydrogen-bond donors (Lipinski definition) is 0. The van der Waals surface area contributed by atoms with Gasteiger partial charge in [-0.1, -0.05) is 24.3 Å². The highest BCUT2D eigenvalue weighted by molar-refractivity contribution is 6.25. The quantitative estimate of drug-likeness (QED) is 0.491. The average molecular weight is 387 g/mol. The minimum Gasteiger partial charge on any atom is -0.494 e. The Hall–Kier alpha value is -2.76. The molecule has 1 fully saturated rings.